The normalized spacial score (nSPS) is 20.4. The molecule has 1 saturated heterocycles. The lowest BCUT2D eigenvalue weighted by Crippen LogP contribution is -2.18. The van der Waals surface area contributed by atoms with Crippen LogP contribution in [-0.2, 0) is 19.1 Å². The van der Waals surface area contributed by atoms with E-state index in [4.69, 9.17) is 0 Å². The Morgan fingerprint density at radius 2 is 1.30 bits per heavy atom. The second-order valence-electron chi connectivity index (χ2n) is 1.94. The Morgan fingerprint density at radius 3 is 1.70 bits per heavy atom. The predicted molar refractivity (Wildman–Crippen MR) is 31.2 cm³/mol. The minimum absolute atomic E-state index is 0.150. The first-order valence-corrected chi connectivity index (χ1v) is 3.10. The van der Waals surface area contributed by atoms with Gasteiger partial charge in [-0.2, -0.15) is 0 Å². The molecule has 1 rings (SSSR count). The highest BCUT2D eigenvalue weighted by Crippen LogP contribution is 1.97. The van der Waals surface area contributed by atoms with E-state index in [1.54, 1.807) is 0 Å². The van der Waals surface area contributed by atoms with Crippen LogP contribution in [0.5, 0.6) is 0 Å². The minimum Gasteiger partial charge on any atom is -0.465 e. The molecule has 1 aliphatic heterocycles. The van der Waals surface area contributed by atoms with Crippen LogP contribution in [0.4, 0.5) is 0 Å². The lowest BCUT2D eigenvalue weighted by Gasteiger charge is -2.09. The summed E-state index contributed by atoms with van der Waals surface area (Å²) in [6, 6.07) is 0. The van der Waals surface area contributed by atoms with Crippen LogP contribution < -0.4 is 0 Å². The molecule has 1 fully saturated rings. The zero-order chi connectivity index (χ0) is 7.40. The van der Waals surface area contributed by atoms with Crippen molar-refractivity contribution < 1.29 is 19.1 Å². The monoisotopic (exact) mass is 144 g/mol. The van der Waals surface area contributed by atoms with Gasteiger partial charge in [-0.1, -0.05) is 0 Å². The maximum atomic E-state index is 10.5. The van der Waals surface area contributed by atoms with Crippen molar-refractivity contribution in [1.82, 2.24) is 0 Å². The van der Waals surface area contributed by atoms with Gasteiger partial charge in [0.15, 0.2) is 0 Å². The first kappa shape index (κ1) is 7.05. The molecule has 1 heterocycles. The summed E-state index contributed by atoms with van der Waals surface area (Å²) in [5, 5.41) is 0. The number of esters is 2. The first-order valence-electron chi connectivity index (χ1n) is 3.10. The lowest BCUT2D eigenvalue weighted by atomic mass is 10.4. The first-order chi connectivity index (χ1) is 4.79. The predicted octanol–water partition coefficient (Wildman–Crippen LogP) is -0.133. The van der Waals surface area contributed by atoms with Gasteiger partial charge in [-0.3, -0.25) is 9.59 Å². The van der Waals surface area contributed by atoms with E-state index < -0.39 is 0 Å². The molecule has 10 heavy (non-hydrogen) atoms. The van der Waals surface area contributed by atoms with Gasteiger partial charge >= 0.3 is 11.9 Å². The van der Waals surface area contributed by atoms with Gasteiger partial charge in [-0.25, -0.2) is 0 Å². The van der Waals surface area contributed by atoms with Crippen molar-refractivity contribution in [3.05, 3.63) is 0 Å². The summed E-state index contributed by atoms with van der Waals surface area (Å²) >= 11 is 0. The van der Waals surface area contributed by atoms with Crippen molar-refractivity contribution in [3.63, 3.8) is 0 Å². The fraction of sp³-hybridized carbons (Fsp3) is 0.667. The van der Waals surface area contributed by atoms with Gasteiger partial charge in [0.2, 0.25) is 0 Å². The number of hydrogen-bond acceptors (Lipinski definition) is 4. The maximum absolute atomic E-state index is 10.5. The fourth-order valence-electron chi connectivity index (χ4n) is 0.641. The molecule has 0 saturated carbocycles. The summed E-state index contributed by atoms with van der Waals surface area (Å²) in [7, 11) is 0. The van der Waals surface area contributed by atoms with E-state index >= 15 is 0 Å². The van der Waals surface area contributed by atoms with Crippen molar-refractivity contribution in [2.24, 2.45) is 0 Å². The van der Waals surface area contributed by atoms with Gasteiger partial charge in [-0.05, 0) is 0 Å². The average Bonchev–Trinajstić information content (AvgIpc) is 1.84. The highest BCUT2D eigenvalue weighted by atomic mass is 16.6. The SMILES string of the molecule is O=C1CCOC(=O)CCO1. The summed E-state index contributed by atoms with van der Waals surface area (Å²) in [6.07, 6.45) is 0.345. The molecule has 4 nitrogen and oxygen atoms in total. The quantitative estimate of drug-likeness (QED) is 0.444. The molecule has 1 aliphatic rings. The van der Waals surface area contributed by atoms with Crippen molar-refractivity contribution in [2.75, 3.05) is 13.2 Å². The molecule has 0 aromatic rings. The molecule has 0 N–H and O–H groups in total. The van der Waals surface area contributed by atoms with Crippen LogP contribution >= 0.6 is 0 Å². The van der Waals surface area contributed by atoms with Crippen LogP contribution in [0, 0.1) is 0 Å². The number of carbonyl (C=O) groups excluding carboxylic acids is 2. The second kappa shape index (κ2) is 3.20. The summed E-state index contributed by atoms with van der Waals surface area (Å²) < 4.78 is 9.23. The third-order valence-corrected chi connectivity index (χ3v) is 1.14. The van der Waals surface area contributed by atoms with E-state index in [0.717, 1.165) is 0 Å². The van der Waals surface area contributed by atoms with E-state index in [1.807, 2.05) is 0 Å². The number of carbonyl (C=O) groups is 2. The summed E-state index contributed by atoms with van der Waals surface area (Å²) in [5.41, 5.74) is 0. The molecule has 0 aromatic carbocycles. The highest BCUT2D eigenvalue weighted by molar-refractivity contribution is 5.74. The van der Waals surface area contributed by atoms with E-state index in [-0.39, 0.29) is 38.0 Å². The van der Waals surface area contributed by atoms with Crippen LogP contribution in [0.25, 0.3) is 0 Å². The number of ether oxygens (including phenoxy) is 2. The molecule has 0 aromatic heterocycles. The van der Waals surface area contributed by atoms with Gasteiger partial charge in [0.25, 0.3) is 0 Å². The molecule has 0 bridgehead atoms. The van der Waals surface area contributed by atoms with E-state index in [1.165, 1.54) is 0 Å². The molecule has 0 atom stereocenters. The van der Waals surface area contributed by atoms with Crippen molar-refractivity contribution in [3.8, 4) is 0 Å². The maximum Gasteiger partial charge on any atom is 0.309 e. The minimum atomic E-state index is -0.299. The zero-order valence-electron chi connectivity index (χ0n) is 5.46. The van der Waals surface area contributed by atoms with E-state index in [9.17, 15) is 9.59 Å². The molecular formula is C6H8O4. The van der Waals surface area contributed by atoms with Gasteiger partial charge < -0.3 is 9.47 Å². The number of rotatable bonds is 0. The Balaban J connectivity index is 2.34. The molecule has 0 unspecified atom stereocenters. The van der Waals surface area contributed by atoms with E-state index in [0.29, 0.717) is 0 Å². The fourth-order valence-corrected chi connectivity index (χ4v) is 0.641. The van der Waals surface area contributed by atoms with Crippen LogP contribution in [-0.4, -0.2) is 25.2 Å². The van der Waals surface area contributed by atoms with Gasteiger partial charge in [0.05, 0.1) is 12.8 Å². The van der Waals surface area contributed by atoms with Crippen LogP contribution in [0.2, 0.25) is 0 Å². The Labute approximate surface area is 58.1 Å². The molecule has 4 heteroatoms. The molecule has 0 spiro atoms. The van der Waals surface area contributed by atoms with Crippen molar-refractivity contribution >= 4 is 11.9 Å². The smallest absolute Gasteiger partial charge is 0.309 e. The third-order valence-electron chi connectivity index (χ3n) is 1.14. The Kier molecular flexibility index (Phi) is 2.25. The Morgan fingerprint density at radius 1 is 0.900 bits per heavy atom. The largest absolute Gasteiger partial charge is 0.465 e. The molecule has 0 radical (unpaired) electrons. The lowest BCUT2D eigenvalue weighted by molar-refractivity contribution is -0.156. The highest BCUT2D eigenvalue weighted by Gasteiger charge is 2.11. The molecular weight excluding hydrogens is 136 g/mol. The van der Waals surface area contributed by atoms with Crippen LogP contribution in [0.1, 0.15) is 12.8 Å². The third kappa shape index (κ3) is 2.05. The van der Waals surface area contributed by atoms with Gasteiger partial charge in [0.1, 0.15) is 13.2 Å². The van der Waals surface area contributed by atoms with Crippen LogP contribution in [0.3, 0.4) is 0 Å². The molecule has 0 aliphatic carbocycles. The molecule has 56 valence electrons. The number of hydrogen-bond donors (Lipinski definition) is 0. The topological polar surface area (TPSA) is 52.6 Å². The number of cyclic esters (lactones) is 2. The average molecular weight is 144 g/mol. The summed E-state index contributed by atoms with van der Waals surface area (Å²) in [5.74, 6) is -0.597. The van der Waals surface area contributed by atoms with Gasteiger partial charge in [0, 0.05) is 0 Å². The summed E-state index contributed by atoms with van der Waals surface area (Å²) in [6.45, 7) is 0.301. The zero-order valence-corrected chi connectivity index (χ0v) is 5.46. The van der Waals surface area contributed by atoms with Crippen molar-refractivity contribution in [2.45, 2.75) is 12.8 Å². The van der Waals surface area contributed by atoms with Crippen molar-refractivity contribution in [1.29, 1.82) is 0 Å². The second-order valence-corrected chi connectivity index (χ2v) is 1.94. The Hall–Kier alpha value is -1.06. The van der Waals surface area contributed by atoms with E-state index in [2.05, 4.69) is 9.47 Å². The van der Waals surface area contributed by atoms with Gasteiger partial charge in [-0.15, -0.1) is 0 Å². The summed E-state index contributed by atoms with van der Waals surface area (Å²) in [4.78, 5) is 21.1. The van der Waals surface area contributed by atoms with Crippen LogP contribution in [0.15, 0.2) is 0 Å². The standard InChI is InChI=1S/C6H8O4/c7-5-1-3-9-6(8)2-4-10-5/h1-4H2. The Bertz CT molecular complexity index is 122. The molecule has 0 amide bonds.